The van der Waals surface area contributed by atoms with Crippen LogP contribution in [0.3, 0.4) is 0 Å². The van der Waals surface area contributed by atoms with Crippen molar-refractivity contribution in [3.05, 3.63) is 0 Å². The molecule has 90 valence electrons. The fourth-order valence-corrected chi connectivity index (χ4v) is 3.83. The lowest BCUT2D eigenvalue weighted by Gasteiger charge is -2.31. The number of hydrogen-bond acceptors (Lipinski definition) is 3. The highest BCUT2D eigenvalue weighted by molar-refractivity contribution is 7.99. The van der Waals surface area contributed by atoms with E-state index in [9.17, 15) is 0 Å². The van der Waals surface area contributed by atoms with Crippen molar-refractivity contribution in [2.75, 3.05) is 6.26 Å². The third-order valence-corrected chi connectivity index (χ3v) is 5.28. The highest BCUT2D eigenvalue weighted by Crippen LogP contribution is 2.30. The lowest BCUT2D eigenvalue weighted by molar-refractivity contribution is 0.325. The minimum Gasteiger partial charge on any atom is -0.310 e. The van der Waals surface area contributed by atoms with Crippen molar-refractivity contribution in [1.29, 1.82) is 5.26 Å². The van der Waals surface area contributed by atoms with Gasteiger partial charge in [-0.15, -0.1) is 0 Å². The summed E-state index contributed by atoms with van der Waals surface area (Å²) in [6.07, 6.45) is 11.1. The molecule has 2 unspecified atom stereocenters. The Labute approximate surface area is 103 Å². The van der Waals surface area contributed by atoms with Crippen LogP contribution in [-0.4, -0.2) is 23.6 Å². The first kappa shape index (κ1) is 12.3. The molecule has 0 spiro atoms. The van der Waals surface area contributed by atoms with Crippen molar-refractivity contribution in [3.63, 3.8) is 0 Å². The van der Waals surface area contributed by atoms with Crippen LogP contribution in [0, 0.1) is 17.2 Å². The van der Waals surface area contributed by atoms with Gasteiger partial charge in [0.05, 0.1) is 12.0 Å². The molecule has 3 heteroatoms. The summed E-state index contributed by atoms with van der Waals surface area (Å²) in [6, 6.07) is 3.63. The van der Waals surface area contributed by atoms with Crippen LogP contribution in [0.15, 0.2) is 0 Å². The molecule has 2 fully saturated rings. The zero-order chi connectivity index (χ0) is 11.4. The molecular formula is C13H22N2S. The average Bonchev–Trinajstić information content (AvgIpc) is 2.77. The topological polar surface area (TPSA) is 35.8 Å². The van der Waals surface area contributed by atoms with Crippen LogP contribution in [-0.2, 0) is 0 Å². The largest absolute Gasteiger partial charge is 0.310 e. The van der Waals surface area contributed by atoms with E-state index in [1.807, 2.05) is 11.8 Å². The second-order valence-electron chi connectivity index (χ2n) is 5.15. The summed E-state index contributed by atoms with van der Waals surface area (Å²) in [5.41, 5.74) is 0. The lowest BCUT2D eigenvalue weighted by atomic mass is 9.93. The Morgan fingerprint density at radius 2 is 1.88 bits per heavy atom. The van der Waals surface area contributed by atoms with Crippen molar-refractivity contribution in [3.8, 4) is 6.07 Å². The second kappa shape index (κ2) is 5.93. The van der Waals surface area contributed by atoms with E-state index >= 15 is 0 Å². The van der Waals surface area contributed by atoms with Gasteiger partial charge in [-0.25, -0.2) is 0 Å². The summed E-state index contributed by atoms with van der Waals surface area (Å²) in [6.45, 7) is 0. The van der Waals surface area contributed by atoms with Crippen LogP contribution >= 0.6 is 11.8 Å². The Morgan fingerprint density at radius 1 is 1.12 bits per heavy atom. The van der Waals surface area contributed by atoms with Gasteiger partial charge in [0.15, 0.2) is 0 Å². The van der Waals surface area contributed by atoms with E-state index in [4.69, 9.17) is 5.26 Å². The second-order valence-corrected chi connectivity index (χ2v) is 6.29. The van der Waals surface area contributed by atoms with Gasteiger partial charge < -0.3 is 5.32 Å². The summed E-state index contributed by atoms with van der Waals surface area (Å²) in [4.78, 5) is 0. The molecule has 0 radical (unpaired) electrons. The van der Waals surface area contributed by atoms with Crippen LogP contribution in [0.25, 0.3) is 0 Å². The standard InChI is InChI=1S/C13H22N2S/c1-16-12-7-5-11(6-8-12)15-13-4-2-3-10(13)9-14/h10-13,15H,2-8H2,1H3. The smallest absolute Gasteiger partial charge is 0.0672 e. The third-order valence-electron chi connectivity index (χ3n) is 4.14. The summed E-state index contributed by atoms with van der Waals surface area (Å²) in [7, 11) is 0. The molecule has 2 aliphatic carbocycles. The number of nitrogens with zero attached hydrogens (tertiary/aromatic N) is 1. The predicted octanol–water partition coefficient (Wildman–Crippen LogP) is 2.94. The summed E-state index contributed by atoms with van der Waals surface area (Å²) in [5.74, 6) is 0.276. The van der Waals surface area contributed by atoms with Crippen molar-refractivity contribution in [2.24, 2.45) is 5.92 Å². The summed E-state index contributed by atoms with van der Waals surface area (Å²) < 4.78 is 0. The molecule has 0 aliphatic heterocycles. The summed E-state index contributed by atoms with van der Waals surface area (Å²) >= 11 is 2.02. The molecule has 0 aromatic carbocycles. The zero-order valence-electron chi connectivity index (χ0n) is 10.1. The van der Waals surface area contributed by atoms with Crippen LogP contribution in [0.5, 0.6) is 0 Å². The third kappa shape index (κ3) is 2.93. The molecule has 1 N–H and O–H groups in total. The number of rotatable bonds is 3. The van der Waals surface area contributed by atoms with Crippen molar-refractivity contribution >= 4 is 11.8 Å². The Morgan fingerprint density at radius 3 is 2.50 bits per heavy atom. The predicted molar refractivity (Wildman–Crippen MR) is 69.4 cm³/mol. The molecule has 2 rings (SSSR count). The molecule has 16 heavy (non-hydrogen) atoms. The lowest BCUT2D eigenvalue weighted by Crippen LogP contribution is -2.42. The Hall–Kier alpha value is -0.200. The van der Waals surface area contributed by atoms with E-state index in [2.05, 4.69) is 17.6 Å². The van der Waals surface area contributed by atoms with Crippen LogP contribution in [0.2, 0.25) is 0 Å². The molecule has 2 nitrogen and oxygen atoms in total. The van der Waals surface area contributed by atoms with E-state index in [1.165, 1.54) is 38.5 Å². The monoisotopic (exact) mass is 238 g/mol. The zero-order valence-corrected chi connectivity index (χ0v) is 10.9. The molecule has 2 aliphatic rings. The van der Waals surface area contributed by atoms with E-state index < -0.39 is 0 Å². The highest BCUT2D eigenvalue weighted by atomic mass is 32.2. The van der Waals surface area contributed by atoms with E-state index in [0.29, 0.717) is 12.1 Å². The maximum absolute atomic E-state index is 9.05. The number of hydrogen-bond donors (Lipinski definition) is 1. The first-order chi connectivity index (χ1) is 7.83. The maximum atomic E-state index is 9.05. The Bertz CT molecular complexity index is 253. The van der Waals surface area contributed by atoms with Gasteiger partial charge in [0, 0.05) is 17.3 Å². The molecule has 0 amide bonds. The van der Waals surface area contributed by atoms with Crippen LogP contribution in [0.4, 0.5) is 0 Å². The van der Waals surface area contributed by atoms with Gasteiger partial charge in [-0.2, -0.15) is 17.0 Å². The Kier molecular flexibility index (Phi) is 4.55. The molecule has 2 atom stereocenters. The molecule has 0 aromatic heterocycles. The molecular weight excluding hydrogens is 216 g/mol. The highest BCUT2D eigenvalue weighted by Gasteiger charge is 2.30. The Balaban J connectivity index is 1.76. The number of nitriles is 1. The minimum absolute atomic E-state index is 0.276. The van der Waals surface area contributed by atoms with Gasteiger partial charge in [-0.3, -0.25) is 0 Å². The molecule has 2 saturated carbocycles. The molecule has 0 aromatic rings. The van der Waals surface area contributed by atoms with E-state index in [-0.39, 0.29) is 5.92 Å². The average molecular weight is 238 g/mol. The fourth-order valence-electron chi connectivity index (χ4n) is 3.08. The number of nitrogens with one attached hydrogen (secondary N) is 1. The van der Waals surface area contributed by atoms with Crippen molar-refractivity contribution in [1.82, 2.24) is 5.32 Å². The van der Waals surface area contributed by atoms with Gasteiger partial charge >= 0.3 is 0 Å². The van der Waals surface area contributed by atoms with Gasteiger partial charge in [-0.1, -0.05) is 6.42 Å². The molecule has 0 heterocycles. The minimum atomic E-state index is 0.276. The quantitative estimate of drug-likeness (QED) is 0.821. The SMILES string of the molecule is CSC1CCC(NC2CCCC2C#N)CC1. The first-order valence-electron chi connectivity index (χ1n) is 6.52. The van der Waals surface area contributed by atoms with Crippen LogP contribution < -0.4 is 5.32 Å². The summed E-state index contributed by atoms with van der Waals surface area (Å²) in [5, 5.41) is 13.7. The van der Waals surface area contributed by atoms with E-state index in [0.717, 1.165) is 11.7 Å². The van der Waals surface area contributed by atoms with Crippen LogP contribution in [0.1, 0.15) is 44.9 Å². The van der Waals surface area contributed by atoms with Gasteiger partial charge in [0.2, 0.25) is 0 Å². The fraction of sp³-hybridized carbons (Fsp3) is 0.923. The maximum Gasteiger partial charge on any atom is 0.0672 e. The first-order valence-corrected chi connectivity index (χ1v) is 7.80. The molecule has 0 bridgehead atoms. The number of thioether (sulfide) groups is 1. The van der Waals surface area contributed by atoms with Crippen molar-refractivity contribution < 1.29 is 0 Å². The van der Waals surface area contributed by atoms with Crippen molar-refractivity contribution in [2.45, 2.75) is 62.3 Å². The molecule has 0 saturated heterocycles. The van der Waals surface area contributed by atoms with Gasteiger partial charge in [0.25, 0.3) is 0 Å². The van der Waals surface area contributed by atoms with Gasteiger partial charge in [0.1, 0.15) is 0 Å². The normalized spacial score (nSPS) is 39.5. The van der Waals surface area contributed by atoms with Gasteiger partial charge in [-0.05, 0) is 44.8 Å². The van der Waals surface area contributed by atoms with E-state index in [1.54, 1.807) is 0 Å².